The third-order valence-corrected chi connectivity index (χ3v) is 7.57. The van der Waals surface area contributed by atoms with Crippen LogP contribution in [-0.2, 0) is 18.0 Å². The van der Waals surface area contributed by atoms with E-state index < -0.39 is 23.6 Å². The average molecular weight is 515 g/mol. The van der Waals surface area contributed by atoms with Crippen molar-refractivity contribution in [3.63, 3.8) is 0 Å². The van der Waals surface area contributed by atoms with Crippen LogP contribution in [0.3, 0.4) is 0 Å². The van der Waals surface area contributed by atoms with Crippen molar-refractivity contribution in [2.45, 2.75) is 40.3 Å². The molecule has 2 aromatic carbocycles. The molecule has 4 rings (SSSR count). The Morgan fingerprint density at radius 2 is 1.70 bits per heavy atom. The number of rotatable bonds is 4. The van der Waals surface area contributed by atoms with Crippen molar-refractivity contribution in [3.05, 3.63) is 69.4 Å². The van der Waals surface area contributed by atoms with Crippen molar-refractivity contribution in [3.8, 4) is 0 Å². The Kier molecular flexibility index (Phi) is 6.69. The normalized spacial score (nSPS) is 18.3. The number of carbonyl (C=O) groups excluding carboxylic acids is 2. The van der Waals surface area contributed by atoms with Gasteiger partial charge in [-0.3, -0.25) is 14.4 Å². The Bertz CT molecular complexity index is 1440. The summed E-state index contributed by atoms with van der Waals surface area (Å²) in [6.45, 7) is 7.44. The summed E-state index contributed by atoms with van der Waals surface area (Å²) in [7, 11) is 1.56. The van der Waals surface area contributed by atoms with Gasteiger partial charge in [0.05, 0.1) is 17.2 Å². The second kappa shape index (κ2) is 9.36. The smallest absolute Gasteiger partial charge is 0.416 e. The number of hydrogen-bond acceptors (Lipinski definition) is 3. The van der Waals surface area contributed by atoms with Crippen LogP contribution in [0.2, 0.25) is 0 Å². The van der Waals surface area contributed by atoms with E-state index in [1.54, 1.807) is 57.8 Å². The Morgan fingerprint density at radius 3 is 2.30 bits per heavy atom. The SMILES string of the molecule is Cc1ccc(C(=O)N2CC[C@@H](C(=O)O)[C@@H](C)C2)c(C)c1C(=O)c1cc2c(C)cc(C(F)(F)F)cc2n1C. The van der Waals surface area contributed by atoms with Gasteiger partial charge in [-0.1, -0.05) is 13.0 Å². The van der Waals surface area contributed by atoms with E-state index in [0.717, 1.165) is 12.1 Å². The van der Waals surface area contributed by atoms with Gasteiger partial charge >= 0.3 is 12.1 Å². The summed E-state index contributed by atoms with van der Waals surface area (Å²) in [4.78, 5) is 40.2. The number of aryl methyl sites for hydroxylation is 3. The number of hydrogen-bond donors (Lipinski definition) is 1. The van der Waals surface area contributed by atoms with E-state index in [4.69, 9.17) is 0 Å². The van der Waals surface area contributed by atoms with Gasteiger partial charge < -0.3 is 14.6 Å². The number of carbonyl (C=O) groups is 3. The van der Waals surface area contributed by atoms with Gasteiger partial charge in [0.2, 0.25) is 5.78 Å². The highest BCUT2D eigenvalue weighted by Crippen LogP contribution is 2.35. The highest BCUT2D eigenvalue weighted by molar-refractivity contribution is 6.14. The third-order valence-electron chi connectivity index (χ3n) is 7.57. The molecule has 1 aliphatic heterocycles. The first-order valence-corrected chi connectivity index (χ1v) is 12.1. The number of amides is 1. The molecule has 37 heavy (non-hydrogen) atoms. The molecule has 6 nitrogen and oxygen atoms in total. The van der Waals surface area contributed by atoms with E-state index >= 15 is 0 Å². The Balaban J connectivity index is 1.73. The van der Waals surface area contributed by atoms with Gasteiger partial charge in [0, 0.05) is 42.2 Å². The summed E-state index contributed by atoms with van der Waals surface area (Å²) in [6, 6.07) is 7.07. The quantitative estimate of drug-likeness (QED) is 0.464. The van der Waals surface area contributed by atoms with Crippen LogP contribution in [0.4, 0.5) is 13.2 Å². The summed E-state index contributed by atoms with van der Waals surface area (Å²) in [5, 5.41) is 9.93. The first-order valence-electron chi connectivity index (χ1n) is 12.1. The van der Waals surface area contributed by atoms with E-state index in [9.17, 15) is 32.7 Å². The Morgan fingerprint density at radius 1 is 1.03 bits per heavy atom. The average Bonchev–Trinajstić information content (AvgIpc) is 3.15. The predicted molar refractivity (Wildman–Crippen MR) is 133 cm³/mol. The summed E-state index contributed by atoms with van der Waals surface area (Å²) in [6.07, 6.45) is -4.15. The number of likely N-dealkylation sites (tertiary alicyclic amines) is 1. The van der Waals surface area contributed by atoms with Crippen LogP contribution in [0.1, 0.15) is 62.0 Å². The number of carboxylic acid groups (broad SMARTS) is 1. The molecule has 1 aromatic heterocycles. The summed E-state index contributed by atoms with van der Waals surface area (Å²) in [5.41, 5.74) is 1.98. The van der Waals surface area contributed by atoms with Gasteiger partial charge in [0.25, 0.3) is 5.91 Å². The van der Waals surface area contributed by atoms with Gasteiger partial charge in [-0.05, 0) is 74.1 Å². The number of carboxylic acids is 1. The molecule has 0 saturated carbocycles. The van der Waals surface area contributed by atoms with Crippen LogP contribution in [0, 0.1) is 32.6 Å². The number of fused-ring (bicyclic) bond motifs is 1. The standard InChI is InChI=1S/C28H29F3N2O4/c1-14-6-7-20(26(35)33-9-8-19(27(36)37)16(3)13-33)17(4)24(14)25(34)23-12-21-15(2)10-18(28(29,30)31)11-22(21)32(23)5/h6-7,10-12,16,19H,8-9,13H2,1-5H3,(H,36,37)/t16-,19+/m0/s1. The zero-order valence-corrected chi connectivity index (χ0v) is 21.4. The van der Waals surface area contributed by atoms with Crippen LogP contribution in [0.5, 0.6) is 0 Å². The van der Waals surface area contributed by atoms with Gasteiger partial charge in [0.15, 0.2) is 0 Å². The predicted octanol–water partition coefficient (Wildman–Crippen LogP) is 5.54. The minimum atomic E-state index is -4.51. The van der Waals surface area contributed by atoms with Crippen molar-refractivity contribution in [1.29, 1.82) is 0 Å². The summed E-state index contributed by atoms with van der Waals surface area (Å²) in [5.74, 6) is -2.23. The van der Waals surface area contributed by atoms with Crippen molar-refractivity contribution in [1.82, 2.24) is 9.47 Å². The molecular formula is C28H29F3N2O4. The van der Waals surface area contributed by atoms with Gasteiger partial charge in [-0.15, -0.1) is 0 Å². The fourth-order valence-corrected chi connectivity index (χ4v) is 5.41. The van der Waals surface area contributed by atoms with Crippen LogP contribution >= 0.6 is 0 Å². The monoisotopic (exact) mass is 514 g/mol. The number of piperidine rings is 1. The number of aliphatic carboxylic acids is 1. The zero-order valence-electron chi connectivity index (χ0n) is 21.4. The molecule has 1 N–H and O–H groups in total. The maximum Gasteiger partial charge on any atom is 0.416 e. The lowest BCUT2D eigenvalue weighted by Gasteiger charge is -2.35. The molecule has 3 aromatic rings. The summed E-state index contributed by atoms with van der Waals surface area (Å²) >= 11 is 0. The van der Waals surface area contributed by atoms with Crippen LogP contribution < -0.4 is 0 Å². The lowest BCUT2D eigenvalue weighted by molar-refractivity contribution is -0.145. The first kappa shape index (κ1) is 26.4. The lowest BCUT2D eigenvalue weighted by Crippen LogP contribution is -2.45. The molecule has 0 radical (unpaired) electrons. The molecule has 0 bridgehead atoms. The molecule has 0 aliphatic carbocycles. The van der Waals surface area contributed by atoms with Gasteiger partial charge in [-0.25, -0.2) is 0 Å². The third kappa shape index (κ3) is 4.63. The Labute approximate surface area is 212 Å². The highest BCUT2D eigenvalue weighted by Gasteiger charge is 2.35. The minimum absolute atomic E-state index is 0.206. The number of alkyl halides is 3. The maximum atomic E-state index is 13.8. The highest BCUT2D eigenvalue weighted by atomic mass is 19.4. The van der Waals surface area contributed by atoms with E-state index in [-0.39, 0.29) is 23.3 Å². The van der Waals surface area contributed by atoms with E-state index in [1.165, 1.54) is 4.57 Å². The maximum absolute atomic E-state index is 13.8. The minimum Gasteiger partial charge on any atom is -0.481 e. The second-order valence-electron chi connectivity index (χ2n) is 10.0. The number of nitrogens with zero attached hydrogens (tertiary/aromatic N) is 2. The molecule has 0 unspecified atom stereocenters. The number of aromatic nitrogens is 1. The van der Waals surface area contributed by atoms with Gasteiger partial charge in [-0.2, -0.15) is 13.2 Å². The molecule has 1 saturated heterocycles. The van der Waals surface area contributed by atoms with Crippen LogP contribution in [0.25, 0.3) is 10.9 Å². The molecule has 0 spiro atoms. The molecule has 1 amide bonds. The van der Waals surface area contributed by atoms with Crippen LogP contribution in [-0.4, -0.2) is 45.3 Å². The fourth-order valence-electron chi connectivity index (χ4n) is 5.41. The molecule has 1 aliphatic rings. The molecular weight excluding hydrogens is 485 g/mol. The van der Waals surface area contributed by atoms with E-state index in [2.05, 4.69) is 0 Å². The zero-order chi connectivity index (χ0) is 27.4. The molecule has 196 valence electrons. The van der Waals surface area contributed by atoms with Crippen LogP contribution in [0.15, 0.2) is 30.3 Å². The lowest BCUT2D eigenvalue weighted by atomic mass is 9.86. The molecule has 2 heterocycles. The first-order chi connectivity index (χ1) is 17.2. The molecule has 2 atom stereocenters. The number of benzene rings is 2. The van der Waals surface area contributed by atoms with Crippen molar-refractivity contribution in [2.24, 2.45) is 18.9 Å². The Hall–Kier alpha value is -3.62. The van der Waals surface area contributed by atoms with E-state index in [1.807, 2.05) is 0 Å². The van der Waals surface area contributed by atoms with Gasteiger partial charge in [0.1, 0.15) is 0 Å². The summed E-state index contributed by atoms with van der Waals surface area (Å²) < 4.78 is 41.6. The van der Waals surface area contributed by atoms with Crippen molar-refractivity contribution in [2.75, 3.05) is 13.1 Å². The van der Waals surface area contributed by atoms with Crippen molar-refractivity contribution < 1.29 is 32.7 Å². The fraction of sp³-hybridized carbons (Fsp3) is 0.393. The topological polar surface area (TPSA) is 79.6 Å². The molecule has 9 heteroatoms. The van der Waals surface area contributed by atoms with Crippen molar-refractivity contribution >= 4 is 28.6 Å². The largest absolute Gasteiger partial charge is 0.481 e. The van der Waals surface area contributed by atoms with E-state index in [0.29, 0.717) is 58.2 Å². The second-order valence-corrected chi connectivity index (χ2v) is 10.0. The molecule has 1 fully saturated rings. The number of halogens is 3. The number of ketones is 1.